The first-order valence-corrected chi connectivity index (χ1v) is 2.31. The van der Waals surface area contributed by atoms with Gasteiger partial charge in [0.1, 0.15) is 0 Å². The van der Waals surface area contributed by atoms with E-state index in [1.54, 1.807) is 0 Å². The minimum Gasteiger partial charge on any atom is -1.00 e. The van der Waals surface area contributed by atoms with Gasteiger partial charge in [0.25, 0.3) is 0 Å². The number of hydrogen-bond donors (Lipinski definition) is 3. The van der Waals surface area contributed by atoms with Crippen molar-refractivity contribution in [2.75, 3.05) is 0 Å². The van der Waals surface area contributed by atoms with Gasteiger partial charge < -0.3 is 19.0 Å². The first kappa shape index (κ1) is 29.3. The molecule has 0 saturated carbocycles. The Morgan fingerprint density at radius 1 is 1.20 bits per heavy atom. The van der Waals surface area contributed by atoms with E-state index < -0.39 is 8.60 Å². The predicted molar refractivity (Wildman–Crippen MR) is 28.3 cm³/mol. The Kier molecular flexibility index (Phi) is 87.0. The van der Waals surface area contributed by atoms with E-state index in [0.29, 0.717) is 0 Å². The molecule has 2 radical (unpaired) electrons. The van der Waals surface area contributed by atoms with Gasteiger partial charge in [0, 0.05) is 0 Å². The molecule has 0 heterocycles. The molecular formula is CH6BNNa3O3P. The summed E-state index contributed by atoms with van der Waals surface area (Å²) < 4.78 is 0. The van der Waals surface area contributed by atoms with E-state index in [1.807, 2.05) is 0 Å². The van der Waals surface area contributed by atoms with E-state index in [1.165, 1.54) is 5.97 Å². The summed E-state index contributed by atoms with van der Waals surface area (Å²) in [7, 11) is 1.53. The zero-order chi connectivity index (χ0) is 6.28. The average molecular weight is 191 g/mol. The molecule has 0 bridgehead atoms. The van der Waals surface area contributed by atoms with Crippen LogP contribution in [0.15, 0.2) is 0 Å². The van der Waals surface area contributed by atoms with Gasteiger partial charge >= 0.3 is 97.3 Å². The molecule has 0 aliphatic heterocycles. The molecule has 0 aliphatic rings. The Labute approximate surface area is 133 Å². The van der Waals surface area contributed by atoms with Gasteiger partial charge in [-0.05, 0) is 5.97 Å². The molecule has 0 aromatic carbocycles. The topological polar surface area (TPSA) is 84.5 Å². The first-order chi connectivity index (χ1) is 3.15. The third-order valence-corrected chi connectivity index (χ3v) is 0. The fraction of sp³-hybridized carbons (Fsp3) is 0. The van der Waals surface area contributed by atoms with Crippen LogP contribution < -0.4 is 88.7 Å². The van der Waals surface area contributed by atoms with Gasteiger partial charge in [-0.15, -0.1) is 0 Å². The molecule has 0 atom stereocenters. The van der Waals surface area contributed by atoms with Crippen molar-refractivity contribution in [1.29, 1.82) is 5.26 Å². The monoisotopic (exact) mass is 191 g/mol. The van der Waals surface area contributed by atoms with Crippen LogP contribution in [0.25, 0.3) is 0 Å². The molecule has 9 heteroatoms. The second-order valence-electron chi connectivity index (χ2n) is 0.397. The summed E-state index contributed by atoms with van der Waals surface area (Å²) >= 11 is 0. The van der Waals surface area contributed by atoms with E-state index in [-0.39, 0.29) is 93.0 Å². The van der Waals surface area contributed by atoms with Crippen molar-refractivity contribution in [1.82, 2.24) is 0 Å². The quantitative estimate of drug-likeness (QED) is 0.262. The Balaban J connectivity index is -0.00000000444. The van der Waals surface area contributed by atoms with Crippen LogP contribution in [-0.2, 0) is 0 Å². The van der Waals surface area contributed by atoms with Gasteiger partial charge in [-0.1, -0.05) is 0 Å². The van der Waals surface area contributed by atoms with Crippen LogP contribution in [0.2, 0.25) is 0 Å². The standard InChI is InChI=1S/CBN.3Na.H3O3P.3H/c2-1-3;;;;1-4(2)3;;;/h;;;;1-3H;;;/q;3*+1;;3*-1. The summed E-state index contributed by atoms with van der Waals surface area (Å²) in [5.41, 5.74) is 0. The van der Waals surface area contributed by atoms with Gasteiger partial charge in [-0.3, -0.25) is 0 Å². The average Bonchev–Trinajstić information content (AvgIpc) is 1.33. The van der Waals surface area contributed by atoms with E-state index in [9.17, 15) is 0 Å². The third kappa shape index (κ3) is 129. The maximum absolute atomic E-state index is 7.23. The van der Waals surface area contributed by atoms with Crippen LogP contribution in [-0.4, -0.2) is 22.5 Å². The Hall–Kier alpha value is 2.86. The van der Waals surface area contributed by atoms with E-state index in [0.717, 1.165) is 0 Å². The number of nitrogens with zero attached hydrogens (tertiary/aromatic N) is 1. The summed E-state index contributed by atoms with van der Waals surface area (Å²) in [6.07, 6.45) is 0. The fourth-order valence-electron chi connectivity index (χ4n) is 0. The molecule has 0 aliphatic carbocycles. The summed E-state index contributed by atoms with van der Waals surface area (Å²) in [5, 5.41) is 7.10. The number of hydrogen-bond acceptors (Lipinski definition) is 4. The van der Waals surface area contributed by atoms with E-state index in [4.69, 9.17) is 19.9 Å². The summed E-state index contributed by atoms with van der Waals surface area (Å²) in [6.45, 7) is 0. The SMILES string of the molecule is OP(O)O.[B]C#N.[H-].[H-].[H-].[Na+].[Na+].[Na+]. The maximum Gasteiger partial charge on any atom is 1.00 e. The van der Waals surface area contributed by atoms with Gasteiger partial charge in [0.2, 0.25) is 7.85 Å². The molecule has 0 fully saturated rings. The minimum atomic E-state index is -2.62. The normalized spacial score (nSPS) is 4.30. The smallest absolute Gasteiger partial charge is 1.00 e. The van der Waals surface area contributed by atoms with Crippen LogP contribution in [0.3, 0.4) is 0 Å². The second-order valence-corrected chi connectivity index (χ2v) is 0.934. The third-order valence-electron chi connectivity index (χ3n) is 0. The van der Waals surface area contributed by atoms with E-state index >= 15 is 0 Å². The molecule has 0 rings (SSSR count). The summed E-state index contributed by atoms with van der Waals surface area (Å²) in [5.74, 6) is 1.25. The largest absolute Gasteiger partial charge is 1.00 e. The van der Waals surface area contributed by atoms with Gasteiger partial charge in [-0.25, -0.2) is 5.26 Å². The van der Waals surface area contributed by atoms with Gasteiger partial charge in [0.15, 0.2) is 0 Å². The maximum atomic E-state index is 7.23. The van der Waals surface area contributed by atoms with Crippen molar-refractivity contribution in [2.45, 2.75) is 0 Å². The summed E-state index contributed by atoms with van der Waals surface area (Å²) in [6, 6.07) is 0. The van der Waals surface area contributed by atoms with Gasteiger partial charge in [0.05, 0.1) is 0 Å². The predicted octanol–water partition coefficient (Wildman–Crippen LogP) is -9.82. The fourth-order valence-corrected chi connectivity index (χ4v) is 0. The molecule has 0 spiro atoms. The van der Waals surface area contributed by atoms with Crippen molar-refractivity contribution >= 4 is 16.4 Å². The number of rotatable bonds is 0. The van der Waals surface area contributed by atoms with Crippen LogP contribution in [0.1, 0.15) is 4.28 Å². The zero-order valence-electron chi connectivity index (χ0n) is 9.31. The van der Waals surface area contributed by atoms with Gasteiger partial charge in [-0.2, -0.15) is 0 Å². The first-order valence-electron chi connectivity index (χ1n) is 1.11. The Morgan fingerprint density at radius 3 is 1.20 bits per heavy atom. The molecule has 3 N–H and O–H groups in total. The van der Waals surface area contributed by atoms with Crippen molar-refractivity contribution in [3.05, 3.63) is 0 Å². The Bertz CT molecular complexity index is 76.6. The van der Waals surface area contributed by atoms with Crippen molar-refractivity contribution in [3.8, 4) is 5.97 Å². The summed E-state index contributed by atoms with van der Waals surface area (Å²) in [4.78, 5) is 21.7. The van der Waals surface area contributed by atoms with Crippen molar-refractivity contribution < 1.29 is 108 Å². The zero-order valence-corrected chi connectivity index (χ0v) is 13.2. The molecule has 0 aromatic heterocycles. The van der Waals surface area contributed by atoms with Crippen LogP contribution in [0.4, 0.5) is 0 Å². The molecule has 0 saturated heterocycles. The molecule has 4 nitrogen and oxygen atoms in total. The molecule has 44 valence electrons. The van der Waals surface area contributed by atoms with Crippen molar-refractivity contribution in [3.63, 3.8) is 0 Å². The molecule has 0 amide bonds. The molecular weight excluding hydrogens is 185 g/mol. The number of nitriles is 1. The molecule has 10 heavy (non-hydrogen) atoms. The molecule has 0 unspecified atom stereocenters. The second kappa shape index (κ2) is 29.7. The van der Waals surface area contributed by atoms with Crippen LogP contribution in [0, 0.1) is 11.2 Å². The van der Waals surface area contributed by atoms with Crippen LogP contribution in [0.5, 0.6) is 0 Å². The minimum absolute atomic E-state index is 0. The van der Waals surface area contributed by atoms with Crippen LogP contribution >= 0.6 is 8.60 Å². The molecule has 0 aromatic rings. The Morgan fingerprint density at radius 2 is 1.20 bits per heavy atom. The van der Waals surface area contributed by atoms with E-state index in [2.05, 4.69) is 7.85 Å². The van der Waals surface area contributed by atoms with Crippen molar-refractivity contribution in [2.24, 2.45) is 0 Å².